The summed E-state index contributed by atoms with van der Waals surface area (Å²) in [6.45, 7) is 0. The second-order valence-electron chi connectivity index (χ2n) is 22.7. The molecule has 18 rings (SSSR count). The van der Waals surface area contributed by atoms with Crippen LogP contribution in [0, 0.1) is 0 Å². The second-order valence-corrected chi connectivity index (χ2v) is 23.7. The highest BCUT2D eigenvalue weighted by atomic mass is 32.1. The van der Waals surface area contributed by atoms with Crippen molar-refractivity contribution < 1.29 is 0 Å². The zero-order chi connectivity index (χ0) is 57.9. The van der Waals surface area contributed by atoms with Gasteiger partial charge in [-0.15, -0.1) is 11.3 Å². The molecule has 0 saturated heterocycles. The number of anilines is 3. The Kier molecular flexibility index (Phi) is 11.2. The fourth-order valence-corrected chi connectivity index (χ4v) is 15.2. The zero-order valence-corrected chi connectivity index (χ0v) is 48.1. The van der Waals surface area contributed by atoms with Crippen molar-refractivity contribution in [2.75, 3.05) is 4.90 Å². The number of fused-ring (bicyclic) bond motifs is 15. The average molecular weight is 1140 g/mol. The summed E-state index contributed by atoms with van der Waals surface area (Å²) in [6, 6.07) is 106. The third-order valence-electron chi connectivity index (χ3n) is 17.8. The Bertz CT molecular complexity index is 5420. The van der Waals surface area contributed by atoms with E-state index in [-0.39, 0.29) is 0 Å². The van der Waals surface area contributed by atoms with Gasteiger partial charge in [-0.1, -0.05) is 224 Å². The Labute approximate surface area is 511 Å². The van der Waals surface area contributed by atoms with Gasteiger partial charge in [0.2, 0.25) is 0 Å². The van der Waals surface area contributed by atoms with E-state index in [9.17, 15) is 0 Å². The number of para-hydroxylation sites is 5. The van der Waals surface area contributed by atoms with Gasteiger partial charge in [-0.05, 0) is 117 Å². The van der Waals surface area contributed by atoms with Crippen LogP contribution in [0.3, 0.4) is 0 Å². The Morgan fingerprint density at radius 2 is 0.852 bits per heavy atom. The summed E-state index contributed by atoms with van der Waals surface area (Å²) < 4.78 is 4.58. The number of rotatable bonds is 8. The minimum absolute atomic E-state index is 0.580. The van der Waals surface area contributed by atoms with Gasteiger partial charge in [0.15, 0.2) is 23.3 Å². The molecule has 7 nitrogen and oxygen atoms in total. The van der Waals surface area contributed by atoms with Crippen LogP contribution >= 0.6 is 11.3 Å². The van der Waals surface area contributed by atoms with Crippen molar-refractivity contribution >= 4 is 70.5 Å². The van der Waals surface area contributed by atoms with Gasteiger partial charge in [0.05, 0.1) is 43.7 Å². The monoisotopic (exact) mass is 1140 g/mol. The first-order chi connectivity index (χ1) is 43.6. The summed E-state index contributed by atoms with van der Waals surface area (Å²) in [4.78, 5) is 30.1. The van der Waals surface area contributed by atoms with Gasteiger partial charge in [0, 0.05) is 60.1 Å². The first-order valence-electron chi connectivity index (χ1n) is 29.7. The van der Waals surface area contributed by atoms with Gasteiger partial charge in [0.25, 0.3) is 0 Å². The molecular weight excluding hydrogens is 1090 g/mol. The highest BCUT2D eigenvalue weighted by Gasteiger charge is 2.52. The molecule has 1 spiro atoms. The highest BCUT2D eigenvalue weighted by Crippen LogP contribution is 2.65. The maximum Gasteiger partial charge on any atom is 0.164 e. The predicted molar refractivity (Wildman–Crippen MR) is 361 cm³/mol. The maximum atomic E-state index is 5.74. The second kappa shape index (κ2) is 19.8. The maximum absolute atomic E-state index is 5.74. The molecule has 12 aromatic carbocycles. The summed E-state index contributed by atoms with van der Waals surface area (Å²) in [5, 5.41) is 3.46. The minimum Gasteiger partial charge on any atom is -0.310 e. The molecule has 0 fully saturated rings. The van der Waals surface area contributed by atoms with E-state index < -0.39 is 5.41 Å². The van der Waals surface area contributed by atoms with Crippen LogP contribution in [0.5, 0.6) is 0 Å². The zero-order valence-electron chi connectivity index (χ0n) is 47.3. The lowest BCUT2D eigenvalue weighted by molar-refractivity contribution is 0.752. The first kappa shape index (κ1) is 49.9. The number of benzene rings is 12. The normalized spacial score (nSPS) is 12.8. The number of hydrogen-bond acceptors (Lipinski definition) is 7. The molecule has 0 N–H and O–H groups in total. The van der Waals surface area contributed by atoms with Gasteiger partial charge in [-0.3, -0.25) is 0 Å². The molecule has 0 unspecified atom stereocenters. The van der Waals surface area contributed by atoms with Crippen LogP contribution in [0.4, 0.5) is 17.1 Å². The van der Waals surface area contributed by atoms with Crippen molar-refractivity contribution in [3.05, 3.63) is 320 Å². The third kappa shape index (κ3) is 7.59. The Hall–Kier alpha value is -11.5. The van der Waals surface area contributed by atoms with Crippen molar-refractivity contribution in [3.63, 3.8) is 0 Å². The fraction of sp³-hybridized carbons (Fsp3) is 0.0125. The van der Waals surface area contributed by atoms with Crippen LogP contribution < -0.4 is 4.90 Å². The number of thiophene rings is 1. The lowest BCUT2D eigenvalue weighted by Gasteiger charge is -2.45. The van der Waals surface area contributed by atoms with Gasteiger partial charge < -0.3 is 9.47 Å². The molecule has 0 radical (unpaired) electrons. The van der Waals surface area contributed by atoms with Gasteiger partial charge in [-0.25, -0.2) is 24.9 Å². The Morgan fingerprint density at radius 1 is 0.307 bits per heavy atom. The van der Waals surface area contributed by atoms with Crippen LogP contribution in [-0.4, -0.2) is 29.5 Å². The molecule has 0 saturated carbocycles. The van der Waals surface area contributed by atoms with E-state index in [1.807, 2.05) is 24.3 Å². The van der Waals surface area contributed by atoms with E-state index in [1.165, 1.54) is 21.2 Å². The number of nitrogens with zero attached hydrogens (tertiary/aromatic N) is 7. The topological polar surface area (TPSA) is 72.6 Å². The van der Waals surface area contributed by atoms with E-state index in [0.29, 0.717) is 23.3 Å². The van der Waals surface area contributed by atoms with E-state index >= 15 is 0 Å². The fourth-order valence-electron chi connectivity index (χ4n) is 14.1. The SMILES string of the molecule is c1ccc(-c2cccc(-c3nc(-c4ccccc4)nc(-c4cccc5c4-c4cc(-c6nc(-c7ccc8c(c7)c7ccccc7n8-c7ccccc7)c7sc8ccccc8c7n6)ccc4C54c5ccccc5N(c5ccccc5)c5ccccc54)n3)c2)cc1. The van der Waals surface area contributed by atoms with Crippen LogP contribution in [0.15, 0.2) is 297 Å². The Morgan fingerprint density at radius 3 is 1.61 bits per heavy atom. The molecular formula is C80H49N7S. The molecule has 88 heavy (non-hydrogen) atoms. The molecule has 410 valence electrons. The molecule has 0 bridgehead atoms. The molecule has 0 amide bonds. The summed E-state index contributed by atoms with van der Waals surface area (Å²) >= 11 is 1.75. The summed E-state index contributed by atoms with van der Waals surface area (Å²) in [5.74, 6) is 2.41. The first-order valence-corrected chi connectivity index (χ1v) is 30.5. The molecule has 1 aliphatic carbocycles. The molecule has 16 aromatic rings. The van der Waals surface area contributed by atoms with Crippen molar-refractivity contribution in [2.45, 2.75) is 5.41 Å². The highest BCUT2D eigenvalue weighted by molar-refractivity contribution is 7.26. The van der Waals surface area contributed by atoms with Crippen molar-refractivity contribution in [2.24, 2.45) is 0 Å². The molecule has 2 aliphatic rings. The quantitative estimate of drug-likeness (QED) is 0.151. The molecule has 0 atom stereocenters. The number of hydrogen-bond donors (Lipinski definition) is 0. The van der Waals surface area contributed by atoms with Gasteiger partial charge in [-0.2, -0.15) is 0 Å². The van der Waals surface area contributed by atoms with Crippen molar-refractivity contribution in [1.82, 2.24) is 29.5 Å². The lowest BCUT2D eigenvalue weighted by Crippen LogP contribution is -2.36. The smallest absolute Gasteiger partial charge is 0.164 e. The molecule has 8 heteroatoms. The van der Waals surface area contributed by atoms with E-state index in [1.54, 1.807) is 11.3 Å². The summed E-state index contributed by atoms with van der Waals surface area (Å²) in [5.41, 5.74) is 21.4. The van der Waals surface area contributed by atoms with E-state index in [0.717, 1.165) is 122 Å². The summed E-state index contributed by atoms with van der Waals surface area (Å²) in [6.07, 6.45) is 0. The largest absolute Gasteiger partial charge is 0.310 e. The standard InChI is InChI=1S/C80H49N7S/c1-5-23-50(24-6-1)52-27-21-28-54(47-52)78-83-76(51-25-7-2-8-26-51)84-79(85-78)60-35-22-38-66-72(60)62-49-55(43-45-63(62)80(66)64-36-15-18-40-69(64)87(57-31-11-4-12-32-57)70-41-19-16-37-65(70)80)77-81-73(75-74(82-77)59-34-14-20-42-71(59)88-75)53-44-46-68-61(48-53)58-33-13-17-39-67(58)86(68)56-29-9-3-10-30-56/h1-49H. The van der Waals surface area contributed by atoms with Gasteiger partial charge >= 0.3 is 0 Å². The number of aromatic nitrogens is 6. The summed E-state index contributed by atoms with van der Waals surface area (Å²) in [7, 11) is 0. The minimum atomic E-state index is -0.784. The van der Waals surface area contributed by atoms with Crippen LogP contribution in [-0.2, 0) is 5.41 Å². The van der Waals surface area contributed by atoms with Crippen LogP contribution in [0.2, 0.25) is 0 Å². The van der Waals surface area contributed by atoms with Gasteiger partial charge in [0.1, 0.15) is 0 Å². The molecule has 1 aliphatic heterocycles. The molecule has 5 heterocycles. The molecule has 4 aromatic heterocycles. The van der Waals surface area contributed by atoms with Crippen molar-refractivity contribution in [1.29, 1.82) is 0 Å². The predicted octanol–water partition coefficient (Wildman–Crippen LogP) is 20.3. The van der Waals surface area contributed by atoms with Crippen molar-refractivity contribution in [3.8, 4) is 84.7 Å². The van der Waals surface area contributed by atoms with Crippen LogP contribution in [0.25, 0.3) is 127 Å². The van der Waals surface area contributed by atoms with E-state index in [4.69, 9.17) is 24.9 Å². The third-order valence-corrected chi connectivity index (χ3v) is 19.0. The van der Waals surface area contributed by atoms with E-state index in [2.05, 4.69) is 282 Å². The van der Waals surface area contributed by atoms with Crippen LogP contribution in [0.1, 0.15) is 22.3 Å². The average Bonchev–Trinajstić information content (AvgIpc) is 1.50. The Balaban J connectivity index is 0.900. The lowest BCUT2D eigenvalue weighted by atomic mass is 9.64.